The SMILES string of the molecule is CCOC(=O)N1CCC(N2C(=O)C(SC(C)C)=C(c3ccc(C)c(C)c3)C2=O)CC1. The lowest BCUT2D eigenvalue weighted by molar-refractivity contribution is -0.140. The van der Waals surface area contributed by atoms with E-state index in [0.29, 0.717) is 43.0 Å². The zero-order chi connectivity index (χ0) is 22.0. The number of thioether (sulfide) groups is 1. The van der Waals surface area contributed by atoms with Gasteiger partial charge in [-0.15, -0.1) is 11.8 Å². The van der Waals surface area contributed by atoms with Crippen LogP contribution in [0.15, 0.2) is 23.1 Å². The summed E-state index contributed by atoms with van der Waals surface area (Å²) in [4.78, 5) is 42.4. The maximum atomic E-state index is 13.5. The molecule has 0 spiro atoms. The van der Waals surface area contributed by atoms with Crippen LogP contribution in [0.5, 0.6) is 0 Å². The predicted molar refractivity (Wildman–Crippen MR) is 119 cm³/mol. The molecule has 162 valence electrons. The Hall–Kier alpha value is -2.28. The first-order valence-electron chi connectivity index (χ1n) is 10.5. The number of benzene rings is 1. The van der Waals surface area contributed by atoms with E-state index in [2.05, 4.69) is 0 Å². The molecule has 0 radical (unpaired) electrons. The van der Waals surface area contributed by atoms with Crippen molar-refractivity contribution in [3.8, 4) is 0 Å². The van der Waals surface area contributed by atoms with Gasteiger partial charge in [0.1, 0.15) is 0 Å². The maximum absolute atomic E-state index is 13.5. The number of nitrogens with zero attached hydrogens (tertiary/aromatic N) is 2. The molecule has 2 aliphatic rings. The molecule has 2 heterocycles. The van der Waals surface area contributed by atoms with Crippen LogP contribution < -0.4 is 0 Å². The Bertz CT molecular complexity index is 885. The fourth-order valence-corrected chi connectivity index (χ4v) is 4.87. The summed E-state index contributed by atoms with van der Waals surface area (Å²) in [5, 5.41) is 0.184. The molecule has 0 atom stereocenters. The standard InChI is InChI=1S/C23H30N2O4S/c1-6-29-23(28)24-11-9-18(10-12-24)25-21(26)19(20(22(25)27)30-14(2)3)17-8-7-15(4)16(5)13-17/h7-8,13-14,18H,6,9-12H2,1-5H3. The van der Waals surface area contributed by atoms with Crippen molar-refractivity contribution in [1.29, 1.82) is 0 Å². The number of likely N-dealkylation sites (tertiary alicyclic amines) is 1. The minimum atomic E-state index is -0.333. The van der Waals surface area contributed by atoms with Crippen LogP contribution in [0.3, 0.4) is 0 Å². The van der Waals surface area contributed by atoms with Crippen molar-refractivity contribution >= 4 is 35.2 Å². The van der Waals surface area contributed by atoms with E-state index in [-0.39, 0.29) is 29.2 Å². The highest BCUT2D eigenvalue weighted by atomic mass is 32.2. The normalized spacial score (nSPS) is 18.1. The van der Waals surface area contributed by atoms with Gasteiger partial charge in [0.25, 0.3) is 11.8 Å². The molecule has 0 aliphatic carbocycles. The van der Waals surface area contributed by atoms with Gasteiger partial charge in [0.2, 0.25) is 0 Å². The number of carbonyl (C=O) groups is 3. The molecule has 30 heavy (non-hydrogen) atoms. The van der Waals surface area contributed by atoms with Gasteiger partial charge in [0, 0.05) is 24.4 Å². The van der Waals surface area contributed by atoms with Crippen LogP contribution >= 0.6 is 11.8 Å². The third-order valence-corrected chi connectivity index (χ3v) is 6.66. The highest BCUT2D eigenvalue weighted by Gasteiger charge is 2.44. The van der Waals surface area contributed by atoms with Crippen LogP contribution in [-0.2, 0) is 14.3 Å². The third kappa shape index (κ3) is 4.41. The summed E-state index contributed by atoms with van der Waals surface area (Å²) < 4.78 is 5.07. The number of carbonyl (C=O) groups excluding carboxylic acids is 3. The number of ether oxygens (including phenoxy) is 1. The number of hydrogen-bond donors (Lipinski definition) is 0. The van der Waals surface area contributed by atoms with Crippen LogP contribution in [0.4, 0.5) is 4.79 Å². The van der Waals surface area contributed by atoms with Gasteiger partial charge in [-0.1, -0.05) is 32.0 Å². The number of hydrogen-bond acceptors (Lipinski definition) is 5. The van der Waals surface area contributed by atoms with Crippen LogP contribution in [-0.4, -0.2) is 58.7 Å². The summed E-state index contributed by atoms with van der Waals surface area (Å²) in [6, 6.07) is 5.70. The summed E-state index contributed by atoms with van der Waals surface area (Å²) in [6.07, 6.45) is 0.798. The van der Waals surface area contributed by atoms with Crippen LogP contribution in [0, 0.1) is 13.8 Å². The van der Waals surface area contributed by atoms with E-state index in [1.807, 2.05) is 45.9 Å². The molecule has 1 fully saturated rings. The van der Waals surface area contributed by atoms with Gasteiger partial charge in [0.15, 0.2) is 0 Å². The smallest absolute Gasteiger partial charge is 0.409 e. The van der Waals surface area contributed by atoms with E-state index in [0.717, 1.165) is 16.7 Å². The van der Waals surface area contributed by atoms with Gasteiger partial charge in [-0.2, -0.15) is 0 Å². The summed E-state index contributed by atoms with van der Waals surface area (Å²) in [6.45, 7) is 11.2. The molecule has 1 aromatic carbocycles. The second-order valence-corrected chi connectivity index (χ2v) is 9.65. The molecule has 7 heteroatoms. The Morgan fingerprint density at radius 2 is 1.80 bits per heavy atom. The van der Waals surface area contributed by atoms with Crippen molar-refractivity contribution in [2.45, 2.75) is 58.8 Å². The summed E-state index contributed by atoms with van der Waals surface area (Å²) in [5.41, 5.74) is 3.55. The second kappa shape index (κ2) is 9.25. The second-order valence-electron chi connectivity index (χ2n) is 8.07. The minimum Gasteiger partial charge on any atom is -0.450 e. The molecule has 0 aromatic heterocycles. The molecular formula is C23H30N2O4S. The van der Waals surface area contributed by atoms with Crippen LogP contribution in [0.25, 0.3) is 5.57 Å². The third-order valence-electron chi connectivity index (χ3n) is 5.58. The minimum absolute atomic E-state index is 0.184. The van der Waals surface area contributed by atoms with E-state index in [9.17, 15) is 14.4 Å². The van der Waals surface area contributed by atoms with Crippen molar-refractivity contribution < 1.29 is 19.1 Å². The largest absolute Gasteiger partial charge is 0.450 e. The highest BCUT2D eigenvalue weighted by molar-refractivity contribution is 8.04. The van der Waals surface area contributed by atoms with Gasteiger partial charge >= 0.3 is 6.09 Å². The van der Waals surface area contributed by atoms with Crippen molar-refractivity contribution in [2.75, 3.05) is 19.7 Å². The molecule has 0 saturated carbocycles. The molecule has 3 rings (SSSR count). The number of amides is 3. The van der Waals surface area contributed by atoms with Crippen molar-refractivity contribution in [3.63, 3.8) is 0 Å². The molecule has 0 bridgehead atoms. The first-order valence-corrected chi connectivity index (χ1v) is 11.4. The molecule has 1 saturated heterocycles. The summed E-state index contributed by atoms with van der Waals surface area (Å²) in [5.74, 6) is -0.428. The fourth-order valence-electron chi connectivity index (χ4n) is 3.88. The summed E-state index contributed by atoms with van der Waals surface area (Å²) in [7, 11) is 0. The lowest BCUT2D eigenvalue weighted by Gasteiger charge is -2.35. The lowest BCUT2D eigenvalue weighted by Crippen LogP contribution is -2.49. The van der Waals surface area contributed by atoms with Crippen molar-refractivity contribution in [1.82, 2.24) is 9.80 Å². The zero-order valence-corrected chi connectivity index (χ0v) is 19.2. The topological polar surface area (TPSA) is 66.9 Å². The maximum Gasteiger partial charge on any atom is 0.409 e. The Kier molecular flexibility index (Phi) is 6.91. The summed E-state index contributed by atoms with van der Waals surface area (Å²) >= 11 is 1.45. The van der Waals surface area contributed by atoms with Gasteiger partial charge in [-0.3, -0.25) is 14.5 Å². The van der Waals surface area contributed by atoms with E-state index < -0.39 is 0 Å². The number of imide groups is 1. The van der Waals surface area contributed by atoms with Crippen LogP contribution in [0.1, 0.15) is 50.3 Å². The predicted octanol–water partition coefficient (Wildman–Crippen LogP) is 4.15. The average molecular weight is 431 g/mol. The molecule has 6 nitrogen and oxygen atoms in total. The van der Waals surface area contributed by atoms with Crippen molar-refractivity contribution in [3.05, 3.63) is 39.8 Å². The molecule has 0 N–H and O–H groups in total. The van der Waals surface area contributed by atoms with E-state index in [1.54, 1.807) is 11.8 Å². The quantitative estimate of drug-likeness (QED) is 0.657. The van der Waals surface area contributed by atoms with E-state index in [4.69, 9.17) is 4.74 Å². The van der Waals surface area contributed by atoms with E-state index >= 15 is 0 Å². The Labute approximate surface area is 182 Å². The highest BCUT2D eigenvalue weighted by Crippen LogP contribution is 2.40. The number of aryl methyl sites for hydroxylation is 2. The zero-order valence-electron chi connectivity index (χ0n) is 18.4. The Balaban J connectivity index is 1.86. The van der Waals surface area contributed by atoms with Crippen molar-refractivity contribution in [2.24, 2.45) is 0 Å². The molecule has 2 aliphatic heterocycles. The Morgan fingerprint density at radius 3 is 2.37 bits per heavy atom. The van der Waals surface area contributed by atoms with E-state index in [1.165, 1.54) is 16.7 Å². The lowest BCUT2D eigenvalue weighted by atomic mass is 10.00. The average Bonchev–Trinajstić information content (AvgIpc) is 2.94. The first-order chi connectivity index (χ1) is 14.2. The Morgan fingerprint density at radius 1 is 1.13 bits per heavy atom. The van der Waals surface area contributed by atoms with Gasteiger partial charge < -0.3 is 9.64 Å². The van der Waals surface area contributed by atoms with Crippen LogP contribution in [0.2, 0.25) is 0 Å². The first kappa shape index (κ1) is 22.4. The number of piperidine rings is 1. The van der Waals surface area contributed by atoms with Gasteiger partial charge in [-0.25, -0.2) is 4.79 Å². The fraction of sp³-hybridized carbons (Fsp3) is 0.522. The monoisotopic (exact) mass is 430 g/mol. The van der Waals surface area contributed by atoms with Gasteiger partial charge in [0.05, 0.1) is 17.1 Å². The molecule has 1 aromatic rings. The molecular weight excluding hydrogens is 400 g/mol. The molecule has 0 unspecified atom stereocenters. The van der Waals surface area contributed by atoms with Gasteiger partial charge in [-0.05, 0) is 50.3 Å². The number of rotatable bonds is 5. The molecule has 3 amide bonds.